The standard InChI is InChI=1S/C28H26N4O3S/c1-5-32(6-2)28(34)25-17(3)22(16-29)27(36-25)31-26(33)21-15-24(18-10-9-11-19(14-18)35-4)30-23-13-8-7-12-20(21)23/h7-15H,5-6H2,1-4H3,(H,31,33). The number of fused-ring (bicyclic) bond motifs is 1. The molecule has 0 aliphatic rings. The van der Waals surface area contributed by atoms with Crippen molar-refractivity contribution in [2.24, 2.45) is 0 Å². The van der Waals surface area contributed by atoms with Crippen LogP contribution < -0.4 is 10.1 Å². The number of nitriles is 1. The van der Waals surface area contributed by atoms with Gasteiger partial charge in [-0.25, -0.2) is 4.98 Å². The molecule has 7 nitrogen and oxygen atoms in total. The molecular weight excluding hydrogens is 472 g/mol. The third-order valence-corrected chi connectivity index (χ3v) is 7.25. The van der Waals surface area contributed by atoms with Gasteiger partial charge in [0.25, 0.3) is 11.8 Å². The van der Waals surface area contributed by atoms with Crippen LogP contribution in [-0.4, -0.2) is 41.9 Å². The predicted octanol–water partition coefficient (Wildman–Crippen LogP) is 5.89. The number of hydrogen-bond donors (Lipinski definition) is 1. The maximum absolute atomic E-state index is 13.6. The Morgan fingerprint density at radius 1 is 1.11 bits per heavy atom. The lowest BCUT2D eigenvalue weighted by molar-refractivity contribution is 0.0777. The van der Waals surface area contributed by atoms with E-state index in [0.29, 0.717) is 62.0 Å². The third-order valence-electron chi connectivity index (χ3n) is 6.06. The normalized spacial score (nSPS) is 10.6. The van der Waals surface area contributed by atoms with Gasteiger partial charge in [-0.05, 0) is 50.6 Å². The summed E-state index contributed by atoms with van der Waals surface area (Å²) in [5, 5.41) is 13.7. The van der Waals surface area contributed by atoms with E-state index in [-0.39, 0.29) is 11.8 Å². The number of aromatic nitrogens is 1. The molecule has 0 saturated heterocycles. The molecule has 1 N–H and O–H groups in total. The van der Waals surface area contributed by atoms with Crippen molar-refractivity contribution in [3.63, 3.8) is 0 Å². The zero-order chi connectivity index (χ0) is 25.8. The van der Waals surface area contributed by atoms with E-state index >= 15 is 0 Å². The van der Waals surface area contributed by atoms with Gasteiger partial charge >= 0.3 is 0 Å². The number of anilines is 1. The number of thiophene rings is 1. The third kappa shape index (κ3) is 4.66. The number of methoxy groups -OCH3 is 1. The Morgan fingerprint density at radius 3 is 2.56 bits per heavy atom. The highest BCUT2D eigenvalue weighted by atomic mass is 32.1. The van der Waals surface area contributed by atoms with Gasteiger partial charge in [0.1, 0.15) is 16.8 Å². The number of ether oxygens (including phenoxy) is 1. The van der Waals surface area contributed by atoms with Crippen molar-refractivity contribution in [2.45, 2.75) is 20.8 Å². The van der Waals surface area contributed by atoms with Crippen molar-refractivity contribution in [3.05, 3.63) is 76.2 Å². The molecule has 0 radical (unpaired) electrons. The number of para-hydroxylation sites is 1. The number of pyridine rings is 1. The summed E-state index contributed by atoms with van der Waals surface area (Å²) < 4.78 is 5.34. The van der Waals surface area contributed by atoms with Crippen molar-refractivity contribution >= 4 is 39.1 Å². The van der Waals surface area contributed by atoms with E-state index < -0.39 is 0 Å². The number of carbonyl (C=O) groups is 2. The zero-order valence-corrected chi connectivity index (χ0v) is 21.4. The van der Waals surface area contributed by atoms with E-state index in [2.05, 4.69) is 11.4 Å². The summed E-state index contributed by atoms with van der Waals surface area (Å²) in [7, 11) is 1.60. The molecule has 2 amide bonds. The summed E-state index contributed by atoms with van der Waals surface area (Å²) >= 11 is 1.13. The molecule has 0 spiro atoms. The fourth-order valence-electron chi connectivity index (χ4n) is 4.06. The highest BCUT2D eigenvalue weighted by Gasteiger charge is 2.25. The minimum Gasteiger partial charge on any atom is -0.497 e. The van der Waals surface area contributed by atoms with Crippen LogP contribution in [0.3, 0.4) is 0 Å². The van der Waals surface area contributed by atoms with Gasteiger partial charge in [0.05, 0.1) is 34.3 Å². The minimum atomic E-state index is -0.377. The first-order valence-electron chi connectivity index (χ1n) is 11.6. The van der Waals surface area contributed by atoms with Crippen LogP contribution in [0.25, 0.3) is 22.2 Å². The summed E-state index contributed by atoms with van der Waals surface area (Å²) in [5.41, 5.74) is 3.40. The van der Waals surface area contributed by atoms with Crippen LogP contribution in [0.2, 0.25) is 0 Å². The summed E-state index contributed by atoms with van der Waals surface area (Å²) in [6.07, 6.45) is 0. The second-order valence-electron chi connectivity index (χ2n) is 8.11. The van der Waals surface area contributed by atoms with Crippen molar-refractivity contribution < 1.29 is 14.3 Å². The number of rotatable bonds is 7. The van der Waals surface area contributed by atoms with E-state index in [4.69, 9.17) is 9.72 Å². The summed E-state index contributed by atoms with van der Waals surface area (Å²) in [6.45, 7) is 6.68. The molecule has 8 heteroatoms. The number of benzene rings is 2. The first-order valence-corrected chi connectivity index (χ1v) is 12.4. The highest BCUT2D eigenvalue weighted by Crippen LogP contribution is 2.34. The Hall–Kier alpha value is -4.22. The number of nitrogens with zero attached hydrogens (tertiary/aromatic N) is 3. The van der Waals surface area contributed by atoms with Gasteiger partial charge in [-0.15, -0.1) is 11.3 Å². The van der Waals surface area contributed by atoms with Gasteiger partial charge in [0.2, 0.25) is 0 Å². The molecule has 2 aromatic heterocycles. The minimum absolute atomic E-state index is 0.144. The fraction of sp³-hybridized carbons (Fsp3) is 0.214. The number of nitrogens with one attached hydrogen (secondary N) is 1. The Labute approximate surface area is 214 Å². The molecule has 0 atom stereocenters. The average Bonchev–Trinajstić information content (AvgIpc) is 3.22. The fourth-order valence-corrected chi connectivity index (χ4v) is 5.18. The number of amides is 2. The molecule has 182 valence electrons. The first-order chi connectivity index (χ1) is 17.4. The monoisotopic (exact) mass is 498 g/mol. The quantitative estimate of drug-likeness (QED) is 0.343. The van der Waals surface area contributed by atoms with Gasteiger partial charge in [-0.2, -0.15) is 5.26 Å². The topological polar surface area (TPSA) is 95.3 Å². The Kier molecular flexibility index (Phi) is 7.32. The first kappa shape index (κ1) is 24.9. The number of hydrogen-bond acceptors (Lipinski definition) is 6. The second-order valence-corrected chi connectivity index (χ2v) is 9.13. The average molecular weight is 499 g/mol. The van der Waals surface area contributed by atoms with E-state index in [1.54, 1.807) is 25.0 Å². The summed E-state index contributed by atoms with van der Waals surface area (Å²) in [6, 6.07) is 18.8. The van der Waals surface area contributed by atoms with E-state index in [0.717, 1.165) is 16.9 Å². The molecule has 4 aromatic rings. The lowest BCUT2D eigenvalue weighted by Crippen LogP contribution is -2.30. The molecule has 0 aliphatic carbocycles. The number of carbonyl (C=O) groups excluding carboxylic acids is 2. The Morgan fingerprint density at radius 2 is 1.86 bits per heavy atom. The van der Waals surface area contributed by atoms with Crippen LogP contribution in [0, 0.1) is 18.3 Å². The largest absolute Gasteiger partial charge is 0.497 e. The molecule has 2 aromatic carbocycles. The van der Waals surface area contributed by atoms with Crippen LogP contribution in [0.5, 0.6) is 5.75 Å². The molecule has 0 fully saturated rings. The van der Waals surface area contributed by atoms with E-state index in [1.807, 2.05) is 62.4 Å². The molecule has 0 bridgehead atoms. The summed E-state index contributed by atoms with van der Waals surface area (Å²) in [4.78, 5) is 33.5. The molecular formula is C28H26N4O3S. The second kappa shape index (κ2) is 10.6. The van der Waals surface area contributed by atoms with E-state index in [1.165, 1.54) is 0 Å². The SMILES string of the molecule is CCN(CC)C(=O)c1sc(NC(=O)c2cc(-c3cccc(OC)c3)nc3ccccc23)c(C#N)c1C. The van der Waals surface area contributed by atoms with Crippen molar-refractivity contribution in [1.82, 2.24) is 9.88 Å². The smallest absolute Gasteiger partial charge is 0.264 e. The summed E-state index contributed by atoms with van der Waals surface area (Å²) in [5.74, 6) is 0.165. The van der Waals surface area contributed by atoms with Gasteiger partial charge < -0.3 is 15.0 Å². The Bertz CT molecular complexity index is 1500. The zero-order valence-electron chi connectivity index (χ0n) is 20.6. The van der Waals surface area contributed by atoms with Gasteiger partial charge in [0, 0.05) is 24.0 Å². The molecule has 0 unspecified atom stereocenters. The van der Waals surface area contributed by atoms with Crippen molar-refractivity contribution in [1.29, 1.82) is 5.26 Å². The van der Waals surface area contributed by atoms with Crippen LogP contribution in [0.15, 0.2) is 54.6 Å². The molecule has 4 rings (SSSR count). The van der Waals surface area contributed by atoms with Crippen LogP contribution in [-0.2, 0) is 0 Å². The maximum atomic E-state index is 13.6. The van der Waals surface area contributed by atoms with Crippen LogP contribution >= 0.6 is 11.3 Å². The predicted molar refractivity (Wildman–Crippen MR) is 143 cm³/mol. The van der Waals surface area contributed by atoms with Crippen LogP contribution in [0.1, 0.15) is 45.0 Å². The van der Waals surface area contributed by atoms with E-state index in [9.17, 15) is 14.9 Å². The maximum Gasteiger partial charge on any atom is 0.264 e. The van der Waals surface area contributed by atoms with Crippen LogP contribution in [0.4, 0.5) is 5.00 Å². The molecule has 2 heterocycles. The van der Waals surface area contributed by atoms with Crippen molar-refractivity contribution in [3.8, 4) is 23.1 Å². The molecule has 0 saturated carbocycles. The van der Waals surface area contributed by atoms with Gasteiger partial charge in [0.15, 0.2) is 0 Å². The lowest BCUT2D eigenvalue weighted by atomic mass is 10.0. The lowest BCUT2D eigenvalue weighted by Gasteiger charge is -2.17. The molecule has 36 heavy (non-hydrogen) atoms. The Balaban J connectivity index is 1.77. The highest BCUT2D eigenvalue weighted by molar-refractivity contribution is 7.18. The molecule has 0 aliphatic heterocycles. The van der Waals surface area contributed by atoms with Crippen molar-refractivity contribution in [2.75, 3.05) is 25.5 Å². The van der Waals surface area contributed by atoms with Gasteiger partial charge in [-0.3, -0.25) is 9.59 Å². The van der Waals surface area contributed by atoms with Gasteiger partial charge in [-0.1, -0.05) is 30.3 Å².